The lowest BCUT2D eigenvalue weighted by molar-refractivity contribution is -0.790. The van der Waals surface area contributed by atoms with Gasteiger partial charge < -0.3 is 35.9 Å². The molecule has 0 spiro atoms. The van der Waals surface area contributed by atoms with Crippen molar-refractivity contribution in [3.8, 4) is 0 Å². The Balaban J connectivity index is 5.00. The summed E-state index contributed by atoms with van der Waals surface area (Å²) >= 11 is 0. The second-order valence-electron chi connectivity index (χ2n) is 7.01. The third-order valence-electron chi connectivity index (χ3n) is 4.16. The summed E-state index contributed by atoms with van der Waals surface area (Å²) in [4.78, 5) is 86.4. The average Bonchev–Trinajstić information content (AvgIpc) is 2.77. The number of carboxylic acid groups (broad SMARTS) is 1. The minimum atomic E-state index is -1.63. The lowest BCUT2D eigenvalue weighted by atomic mass is 10.1. The van der Waals surface area contributed by atoms with E-state index < -0.39 is 71.1 Å². The Morgan fingerprint density at radius 2 is 1.69 bits per heavy atom. The van der Waals surface area contributed by atoms with Gasteiger partial charge in [0.2, 0.25) is 11.7 Å². The largest absolute Gasteiger partial charge is 0.480 e. The first-order chi connectivity index (χ1) is 16.3. The van der Waals surface area contributed by atoms with E-state index in [9.17, 15) is 44.2 Å². The summed E-state index contributed by atoms with van der Waals surface area (Å²) in [5, 5.41) is 31.7. The maximum absolute atomic E-state index is 12.4. The van der Waals surface area contributed by atoms with E-state index in [0.29, 0.717) is 6.42 Å². The van der Waals surface area contributed by atoms with Gasteiger partial charge in [-0.3, -0.25) is 19.2 Å². The van der Waals surface area contributed by atoms with Gasteiger partial charge in [-0.25, -0.2) is 4.79 Å². The summed E-state index contributed by atoms with van der Waals surface area (Å²) in [6.45, 7) is -0.557. The molecular weight excluding hydrogens is 482 g/mol. The van der Waals surface area contributed by atoms with E-state index in [4.69, 9.17) is 15.6 Å². The molecule has 0 heterocycles. The van der Waals surface area contributed by atoms with E-state index in [-0.39, 0.29) is 32.2 Å². The number of aliphatic carboxylic acids is 1. The van der Waals surface area contributed by atoms with Crippen molar-refractivity contribution in [1.82, 2.24) is 10.6 Å². The predicted octanol–water partition coefficient (Wildman–Crippen LogP) is -2.13. The highest BCUT2D eigenvalue weighted by Crippen LogP contribution is 2.07. The predicted molar refractivity (Wildman–Crippen MR) is 110 cm³/mol. The molecule has 5 N–H and O–H groups in total. The van der Waals surface area contributed by atoms with Gasteiger partial charge in [0, 0.05) is 19.9 Å². The summed E-state index contributed by atoms with van der Waals surface area (Å²) in [5.41, 5.74) is 5.33. The van der Waals surface area contributed by atoms with Crippen molar-refractivity contribution in [3.05, 3.63) is 20.2 Å². The molecule has 0 fully saturated rings. The van der Waals surface area contributed by atoms with E-state index in [0.717, 1.165) is 6.92 Å². The number of carbonyl (C=O) groups excluding carboxylic acids is 4. The smallest absolute Gasteiger partial charge is 0.328 e. The first-order valence-electron chi connectivity index (χ1n) is 10.1. The fourth-order valence-corrected chi connectivity index (χ4v) is 2.38. The van der Waals surface area contributed by atoms with Gasteiger partial charge in [0.25, 0.3) is 16.1 Å². The fraction of sp³-hybridized carbons (Fsp3) is 0.706. The molecule has 0 aliphatic heterocycles. The standard InChI is InChI=1S/C17H27N5O13/c1-10(23)15(25)19-7-3-2-4-13(20-14(24)6-5-12(18)16(26)27)17(28)33-8-11(35-22(31)32)9-34-21(29)30/h11-13H,2-9,18H2,1H3,(H,19,25)(H,20,24)(H,26,27)/t11-,12+,13+/m1/s1. The number of ketones is 1. The Morgan fingerprint density at radius 1 is 1.03 bits per heavy atom. The zero-order valence-electron chi connectivity index (χ0n) is 18.7. The van der Waals surface area contributed by atoms with Crippen LogP contribution < -0.4 is 16.4 Å². The molecule has 18 heteroatoms. The highest BCUT2D eigenvalue weighted by atomic mass is 17.0. The minimum absolute atomic E-state index is 0.0301. The second-order valence-corrected chi connectivity index (χ2v) is 7.01. The zero-order chi connectivity index (χ0) is 27.0. The van der Waals surface area contributed by atoms with Gasteiger partial charge in [0.1, 0.15) is 25.3 Å². The van der Waals surface area contributed by atoms with Crippen LogP contribution >= 0.6 is 0 Å². The molecule has 2 amide bonds. The van der Waals surface area contributed by atoms with Gasteiger partial charge in [0.15, 0.2) is 6.10 Å². The van der Waals surface area contributed by atoms with Gasteiger partial charge in [-0.15, -0.1) is 20.2 Å². The summed E-state index contributed by atoms with van der Waals surface area (Å²) in [7, 11) is 0. The number of nitrogens with two attached hydrogens (primary N) is 1. The van der Waals surface area contributed by atoms with Crippen LogP contribution in [0.1, 0.15) is 39.0 Å². The number of hydrogen-bond donors (Lipinski definition) is 4. The molecule has 3 atom stereocenters. The van der Waals surface area contributed by atoms with Gasteiger partial charge in [-0.1, -0.05) is 0 Å². The van der Waals surface area contributed by atoms with Crippen LogP contribution in [0.4, 0.5) is 0 Å². The third kappa shape index (κ3) is 15.4. The molecule has 0 aliphatic rings. The number of nitrogens with zero attached hydrogens (tertiary/aromatic N) is 2. The van der Waals surface area contributed by atoms with E-state index in [1.54, 1.807) is 0 Å². The molecule has 0 radical (unpaired) electrons. The van der Waals surface area contributed by atoms with Crippen LogP contribution in [0, 0.1) is 20.2 Å². The number of carbonyl (C=O) groups is 5. The molecule has 18 nitrogen and oxygen atoms in total. The Labute approximate surface area is 197 Å². The average molecular weight is 509 g/mol. The Kier molecular flexibility index (Phi) is 14.6. The monoisotopic (exact) mass is 509 g/mol. The van der Waals surface area contributed by atoms with Crippen molar-refractivity contribution in [1.29, 1.82) is 0 Å². The van der Waals surface area contributed by atoms with Crippen molar-refractivity contribution < 1.29 is 53.7 Å². The summed E-state index contributed by atoms with van der Waals surface area (Å²) in [5.74, 6) is -4.60. The zero-order valence-corrected chi connectivity index (χ0v) is 18.7. The fourth-order valence-electron chi connectivity index (χ4n) is 2.38. The van der Waals surface area contributed by atoms with E-state index in [2.05, 4.69) is 20.3 Å². The molecule has 0 saturated carbocycles. The van der Waals surface area contributed by atoms with Crippen LogP contribution in [0.3, 0.4) is 0 Å². The lowest BCUT2D eigenvalue weighted by Gasteiger charge is -2.20. The molecule has 0 aromatic carbocycles. The Morgan fingerprint density at radius 3 is 2.23 bits per heavy atom. The number of nitrogens with one attached hydrogen (secondary N) is 2. The van der Waals surface area contributed by atoms with Crippen molar-refractivity contribution >= 4 is 29.5 Å². The Hall–Kier alpha value is -4.09. The number of amides is 2. The molecule has 0 rings (SSSR count). The second kappa shape index (κ2) is 16.5. The highest BCUT2D eigenvalue weighted by Gasteiger charge is 2.25. The number of esters is 1. The summed E-state index contributed by atoms with van der Waals surface area (Å²) < 4.78 is 4.87. The number of carboxylic acids is 1. The first-order valence-corrected chi connectivity index (χ1v) is 10.1. The number of hydrogen-bond acceptors (Lipinski definition) is 13. The molecule has 0 saturated heterocycles. The molecule has 0 aromatic rings. The van der Waals surface area contributed by atoms with Crippen molar-refractivity contribution in [3.63, 3.8) is 0 Å². The lowest BCUT2D eigenvalue weighted by Crippen LogP contribution is -2.44. The molecular formula is C17H27N5O13. The maximum Gasteiger partial charge on any atom is 0.328 e. The highest BCUT2D eigenvalue weighted by molar-refractivity contribution is 6.35. The number of Topliss-reactive ketones (excluding diaryl/α,β-unsaturated/α-hetero) is 1. The van der Waals surface area contributed by atoms with E-state index in [1.807, 2.05) is 0 Å². The van der Waals surface area contributed by atoms with Crippen LogP contribution in [0.2, 0.25) is 0 Å². The maximum atomic E-state index is 12.4. The molecule has 198 valence electrons. The van der Waals surface area contributed by atoms with E-state index in [1.165, 1.54) is 0 Å². The van der Waals surface area contributed by atoms with Gasteiger partial charge in [-0.05, 0) is 25.7 Å². The van der Waals surface area contributed by atoms with Gasteiger partial charge in [0.05, 0.1) is 0 Å². The molecule has 0 bridgehead atoms. The van der Waals surface area contributed by atoms with Crippen molar-refractivity contribution in [2.45, 2.75) is 57.2 Å². The van der Waals surface area contributed by atoms with Crippen molar-refractivity contribution in [2.24, 2.45) is 5.73 Å². The normalized spacial score (nSPS) is 12.9. The molecule has 35 heavy (non-hydrogen) atoms. The molecule has 0 unspecified atom stereocenters. The number of rotatable bonds is 19. The van der Waals surface area contributed by atoms with Crippen LogP contribution in [0.25, 0.3) is 0 Å². The van der Waals surface area contributed by atoms with Crippen LogP contribution in [0.5, 0.6) is 0 Å². The van der Waals surface area contributed by atoms with Crippen LogP contribution in [-0.2, 0) is 38.4 Å². The topological polar surface area (TPSA) is 270 Å². The first kappa shape index (κ1) is 30.9. The van der Waals surface area contributed by atoms with E-state index >= 15 is 0 Å². The van der Waals surface area contributed by atoms with Crippen molar-refractivity contribution in [2.75, 3.05) is 19.8 Å². The minimum Gasteiger partial charge on any atom is -0.480 e. The van der Waals surface area contributed by atoms with Crippen LogP contribution in [0.15, 0.2) is 0 Å². The summed E-state index contributed by atoms with van der Waals surface area (Å²) in [6.07, 6.45) is -1.69. The Bertz CT molecular complexity index is 790. The third-order valence-corrected chi connectivity index (χ3v) is 4.16. The SMILES string of the molecule is CC(=O)C(=O)NCCCC[C@H](NC(=O)CC[C@H](N)C(=O)O)C(=O)OC[C@H](CO[N+](=O)[O-])O[N+](=O)[O-]. The summed E-state index contributed by atoms with van der Waals surface area (Å²) in [6, 6.07) is -2.60. The quantitative estimate of drug-likeness (QED) is 0.0476. The van der Waals surface area contributed by atoms with Gasteiger partial charge >= 0.3 is 11.9 Å². The molecule has 0 aliphatic carbocycles. The number of unbranched alkanes of at least 4 members (excludes halogenated alkanes) is 1. The van der Waals surface area contributed by atoms with Crippen LogP contribution in [-0.4, -0.2) is 82.8 Å². The number of ether oxygens (including phenoxy) is 1. The molecule has 0 aromatic heterocycles. The van der Waals surface area contributed by atoms with Gasteiger partial charge in [-0.2, -0.15) is 0 Å².